The summed E-state index contributed by atoms with van der Waals surface area (Å²) < 4.78 is 13.7. The van der Waals surface area contributed by atoms with E-state index in [2.05, 4.69) is 5.32 Å². The monoisotopic (exact) mass is 420 g/mol. The Balaban J connectivity index is 1.44. The summed E-state index contributed by atoms with van der Waals surface area (Å²) in [6.45, 7) is 0.444. The number of nitrogens with zero attached hydrogens (tertiary/aromatic N) is 1. The molecule has 30 heavy (non-hydrogen) atoms. The van der Waals surface area contributed by atoms with Crippen molar-refractivity contribution in [2.75, 3.05) is 18.5 Å². The number of carbonyl (C=O) groups excluding carboxylic acids is 2. The van der Waals surface area contributed by atoms with Gasteiger partial charge in [-0.05, 0) is 54.8 Å². The first-order valence-corrected chi connectivity index (χ1v) is 10.6. The molecule has 0 atom stereocenters. The molecule has 4 rings (SSSR count). The fraction of sp³-hybridized carbons (Fsp3) is 0.167. The van der Waals surface area contributed by atoms with Crippen molar-refractivity contribution in [3.8, 4) is 0 Å². The van der Waals surface area contributed by atoms with Crippen LogP contribution in [0.1, 0.15) is 32.7 Å². The summed E-state index contributed by atoms with van der Waals surface area (Å²) in [5.74, 6) is -0.529. The van der Waals surface area contributed by atoms with Crippen LogP contribution in [-0.4, -0.2) is 25.4 Å². The van der Waals surface area contributed by atoms with Crippen LogP contribution < -0.4 is 10.2 Å². The molecule has 152 valence electrons. The van der Waals surface area contributed by atoms with E-state index in [0.717, 1.165) is 9.79 Å². The standard InChI is InChI=1S/C24H21FN2O2S/c1-27-20-15-17(23(28)26-14-6-8-16-7-2-4-10-19(16)25)12-13-22(20)30-21-11-5-3-9-18(21)24(27)29/h2-5,7,9-13,15H,6,8,14H2,1H3,(H,26,28). The van der Waals surface area contributed by atoms with E-state index in [-0.39, 0.29) is 17.6 Å². The number of benzene rings is 3. The molecule has 6 heteroatoms. The largest absolute Gasteiger partial charge is 0.352 e. The molecule has 0 aromatic heterocycles. The summed E-state index contributed by atoms with van der Waals surface area (Å²) in [5.41, 5.74) is 2.50. The number of halogens is 1. The van der Waals surface area contributed by atoms with Crippen molar-refractivity contribution in [2.24, 2.45) is 0 Å². The number of aryl methyl sites for hydroxylation is 1. The summed E-state index contributed by atoms with van der Waals surface area (Å²) in [6.07, 6.45) is 1.20. The second-order valence-electron chi connectivity index (χ2n) is 7.10. The molecule has 3 aromatic rings. The number of carbonyl (C=O) groups is 2. The maximum absolute atomic E-state index is 13.7. The van der Waals surface area contributed by atoms with E-state index < -0.39 is 0 Å². The second kappa shape index (κ2) is 8.71. The van der Waals surface area contributed by atoms with Crippen molar-refractivity contribution in [3.05, 3.63) is 89.2 Å². The van der Waals surface area contributed by atoms with Crippen LogP contribution in [0.15, 0.2) is 76.5 Å². The molecule has 1 aliphatic rings. The summed E-state index contributed by atoms with van der Waals surface area (Å²) in [5, 5.41) is 2.88. The first kappa shape index (κ1) is 20.2. The van der Waals surface area contributed by atoms with Crippen LogP contribution in [0.25, 0.3) is 0 Å². The number of nitrogens with one attached hydrogen (secondary N) is 1. The SMILES string of the molecule is CN1C(=O)c2ccccc2Sc2ccc(C(=O)NCCCc3ccccc3F)cc21. The lowest BCUT2D eigenvalue weighted by molar-refractivity contribution is 0.0950. The summed E-state index contributed by atoms with van der Waals surface area (Å²) >= 11 is 1.52. The van der Waals surface area contributed by atoms with Gasteiger partial charge in [-0.2, -0.15) is 0 Å². The molecule has 2 amide bonds. The molecule has 0 radical (unpaired) electrons. The predicted octanol–water partition coefficient (Wildman–Crippen LogP) is 4.93. The minimum absolute atomic E-state index is 0.0979. The van der Waals surface area contributed by atoms with Crippen molar-refractivity contribution in [1.29, 1.82) is 0 Å². The lowest BCUT2D eigenvalue weighted by Gasteiger charge is -2.18. The Kier molecular flexibility index (Phi) is 5.86. The maximum atomic E-state index is 13.7. The van der Waals surface area contributed by atoms with Crippen molar-refractivity contribution in [1.82, 2.24) is 5.32 Å². The Morgan fingerprint density at radius 3 is 2.63 bits per heavy atom. The van der Waals surface area contributed by atoms with Gasteiger partial charge >= 0.3 is 0 Å². The molecule has 3 aromatic carbocycles. The maximum Gasteiger partial charge on any atom is 0.259 e. The minimum Gasteiger partial charge on any atom is -0.352 e. The van der Waals surface area contributed by atoms with Gasteiger partial charge in [0.2, 0.25) is 0 Å². The van der Waals surface area contributed by atoms with E-state index in [0.29, 0.717) is 41.8 Å². The van der Waals surface area contributed by atoms with Gasteiger partial charge in [-0.15, -0.1) is 0 Å². The molecule has 0 fully saturated rings. The summed E-state index contributed by atoms with van der Waals surface area (Å²) in [7, 11) is 1.72. The van der Waals surface area contributed by atoms with Crippen molar-refractivity contribution in [2.45, 2.75) is 22.6 Å². The number of fused-ring (bicyclic) bond motifs is 2. The van der Waals surface area contributed by atoms with Crippen molar-refractivity contribution < 1.29 is 14.0 Å². The molecule has 0 aliphatic carbocycles. The van der Waals surface area contributed by atoms with Gasteiger partial charge < -0.3 is 10.2 Å². The van der Waals surface area contributed by atoms with E-state index in [1.54, 1.807) is 42.3 Å². The van der Waals surface area contributed by atoms with E-state index in [9.17, 15) is 14.0 Å². The van der Waals surface area contributed by atoms with E-state index in [1.807, 2.05) is 30.3 Å². The molecule has 0 spiro atoms. The molecular weight excluding hydrogens is 399 g/mol. The zero-order chi connectivity index (χ0) is 21.1. The first-order chi connectivity index (χ1) is 14.5. The molecule has 1 heterocycles. The Hall–Kier alpha value is -3.12. The van der Waals surface area contributed by atoms with Crippen LogP contribution in [-0.2, 0) is 6.42 Å². The van der Waals surface area contributed by atoms with Gasteiger partial charge in [0.05, 0.1) is 11.3 Å². The molecule has 1 aliphatic heterocycles. The highest BCUT2D eigenvalue weighted by atomic mass is 32.2. The lowest BCUT2D eigenvalue weighted by Crippen LogP contribution is -2.27. The van der Waals surface area contributed by atoms with Gasteiger partial charge in [0, 0.05) is 28.9 Å². The smallest absolute Gasteiger partial charge is 0.259 e. The number of amides is 2. The highest BCUT2D eigenvalue weighted by Gasteiger charge is 2.25. The third-order valence-corrected chi connectivity index (χ3v) is 6.23. The van der Waals surface area contributed by atoms with E-state index >= 15 is 0 Å². The van der Waals surface area contributed by atoms with Crippen LogP contribution in [0, 0.1) is 5.82 Å². The summed E-state index contributed by atoms with van der Waals surface area (Å²) in [4.78, 5) is 28.9. The normalized spacial score (nSPS) is 12.7. The highest BCUT2D eigenvalue weighted by Crippen LogP contribution is 2.41. The van der Waals surface area contributed by atoms with Gasteiger partial charge in [-0.3, -0.25) is 9.59 Å². The number of rotatable bonds is 5. The van der Waals surface area contributed by atoms with Crippen LogP contribution in [0.4, 0.5) is 10.1 Å². The second-order valence-corrected chi connectivity index (χ2v) is 8.18. The average Bonchev–Trinajstić information content (AvgIpc) is 2.87. The quantitative estimate of drug-likeness (QED) is 0.596. The molecule has 4 nitrogen and oxygen atoms in total. The molecule has 0 saturated carbocycles. The van der Waals surface area contributed by atoms with Gasteiger partial charge in [-0.1, -0.05) is 42.1 Å². The molecular formula is C24H21FN2O2S. The van der Waals surface area contributed by atoms with E-state index in [4.69, 9.17) is 0 Å². The minimum atomic E-state index is -0.222. The molecule has 0 saturated heterocycles. The van der Waals surface area contributed by atoms with Crippen molar-refractivity contribution in [3.63, 3.8) is 0 Å². The highest BCUT2D eigenvalue weighted by molar-refractivity contribution is 7.99. The number of hydrogen-bond donors (Lipinski definition) is 1. The zero-order valence-corrected chi connectivity index (χ0v) is 17.3. The van der Waals surface area contributed by atoms with Crippen molar-refractivity contribution >= 4 is 29.3 Å². The lowest BCUT2D eigenvalue weighted by atomic mass is 10.1. The van der Waals surface area contributed by atoms with Gasteiger partial charge in [0.15, 0.2) is 0 Å². The Bertz CT molecular complexity index is 1120. The third-order valence-electron chi connectivity index (χ3n) is 5.09. The van der Waals surface area contributed by atoms with Crippen LogP contribution in [0.3, 0.4) is 0 Å². The Labute approximate surface area is 179 Å². The molecule has 0 unspecified atom stereocenters. The first-order valence-electron chi connectivity index (χ1n) is 9.75. The zero-order valence-electron chi connectivity index (χ0n) is 16.5. The van der Waals surface area contributed by atoms with Gasteiger partial charge in [-0.25, -0.2) is 4.39 Å². The predicted molar refractivity (Wildman–Crippen MR) is 117 cm³/mol. The number of anilines is 1. The summed E-state index contributed by atoms with van der Waals surface area (Å²) in [6, 6.07) is 19.6. The topological polar surface area (TPSA) is 49.4 Å². The van der Waals surface area contributed by atoms with Crippen LogP contribution >= 0.6 is 11.8 Å². The fourth-order valence-electron chi connectivity index (χ4n) is 3.43. The average molecular weight is 421 g/mol. The Morgan fingerprint density at radius 2 is 1.80 bits per heavy atom. The molecule has 1 N–H and O–H groups in total. The third kappa shape index (κ3) is 4.09. The van der Waals surface area contributed by atoms with Gasteiger partial charge in [0.1, 0.15) is 5.82 Å². The van der Waals surface area contributed by atoms with Crippen LogP contribution in [0.2, 0.25) is 0 Å². The molecule has 0 bridgehead atoms. The van der Waals surface area contributed by atoms with Crippen LogP contribution in [0.5, 0.6) is 0 Å². The Morgan fingerprint density at radius 1 is 1.03 bits per heavy atom. The number of hydrogen-bond acceptors (Lipinski definition) is 3. The fourth-order valence-corrected chi connectivity index (χ4v) is 4.52. The van der Waals surface area contributed by atoms with Gasteiger partial charge in [0.25, 0.3) is 11.8 Å². The van der Waals surface area contributed by atoms with E-state index in [1.165, 1.54) is 17.8 Å².